The van der Waals surface area contributed by atoms with Crippen molar-refractivity contribution in [2.75, 3.05) is 0 Å². The lowest BCUT2D eigenvalue weighted by Gasteiger charge is -2.06. The van der Waals surface area contributed by atoms with Gasteiger partial charge in [0, 0.05) is 5.56 Å². The Morgan fingerprint density at radius 1 is 0.667 bits per heavy atom. The van der Waals surface area contributed by atoms with Crippen LogP contribution in [0.25, 0.3) is 33.1 Å². The van der Waals surface area contributed by atoms with Crippen LogP contribution >= 0.6 is 11.6 Å². The summed E-state index contributed by atoms with van der Waals surface area (Å²) < 4.78 is 0. The minimum absolute atomic E-state index is 0.434. The van der Waals surface area contributed by atoms with E-state index in [1.165, 1.54) is 10.8 Å². The van der Waals surface area contributed by atoms with Gasteiger partial charge in [0.2, 0.25) is 0 Å². The number of halogens is 1. The van der Waals surface area contributed by atoms with Gasteiger partial charge < -0.3 is 0 Å². The lowest BCUT2D eigenvalue weighted by molar-refractivity contribution is 1.29. The number of rotatable bonds is 1. The highest BCUT2D eigenvalue weighted by Crippen LogP contribution is 2.29. The van der Waals surface area contributed by atoms with Crippen LogP contribution in [-0.4, -0.2) is 9.97 Å². The monoisotopic (exact) mass is 290 g/mol. The molecule has 0 aliphatic heterocycles. The highest BCUT2D eigenvalue weighted by Gasteiger charge is 2.09. The van der Waals surface area contributed by atoms with Crippen molar-refractivity contribution >= 4 is 33.4 Å². The van der Waals surface area contributed by atoms with Gasteiger partial charge in [-0.05, 0) is 29.0 Å². The van der Waals surface area contributed by atoms with Gasteiger partial charge in [0.15, 0.2) is 5.15 Å². The summed E-state index contributed by atoms with van der Waals surface area (Å²) in [6.07, 6.45) is 0. The molecule has 0 aliphatic carbocycles. The summed E-state index contributed by atoms with van der Waals surface area (Å²) in [6, 6.07) is 22.2. The first-order chi connectivity index (χ1) is 10.3. The van der Waals surface area contributed by atoms with Crippen LogP contribution < -0.4 is 0 Å². The number of benzene rings is 3. The molecule has 0 saturated heterocycles. The number of nitrogens with zero attached hydrogens (tertiary/aromatic N) is 2. The molecule has 4 rings (SSSR count). The maximum Gasteiger partial charge on any atom is 0.156 e. The van der Waals surface area contributed by atoms with Gasteiger partial charge in [-0.25, -0.2) is 9.97 Å². The first-order valence-corrected chi connectivity index (χ1v) is 7.10. The second-order valence-corrected chi connectivity index (χ2v) is 5.27. The van der Waals surface area contributed by atoms with Gasteiger partial charge in [0.05, 0.1) is 11.0 Å². The molecule has 21 heavy (non-hydrogen) atoms. The highest BCUT2D eigenvalue weighted by molar-refractivity contribution is 6.32. The van der Waals surface area contributed by atoms with E-state index in [1.807, 2.05) is 42.5 Å². The van der Waals surface area contributed by atoms with E-state index in [9.17, 15) is 0 Å². The third-order valence-electron chi connectivity index (χ3n) is 3.55. The smallest absolute Gasteiger partial charge is 0.156 e. The van der Waals surface area contributed by atoms with Crippen LogP contribution in [0.4, 0.5) is 0 Å². The average molecular weight is 291 g/mol. The largest absolute Gasteiger partial charge is 0.243 e. The zero-order valence-corrected chi connectivity index (χ0v) is 11.9. The van der Waals surface area contributed by atoms with Crippen LogP contribution in [0.3, 0.4) is 0 Å². The predicted molar refractivity (Wildman–Crippen MR) is 87.5 cm³/mol. The number of hydrogen-bond donors (Lipinski definition) is 0. The molecule has 0 atom stereocenters. The standard InChI is InChI=1S/C18H11ClN2/c19-18-17(20-15-7-3-4-8-16(15)21-18)14-10-9-12-5-1-2-6-13(12)11-14/h1-11H. The quantitative estimate of drug-likeness (QED) is 0.487. The Morgan fingerprint density at radius 3 is 2.14 bits per heavy atom. The van der Waals surface area contributed by atoms with E-state index in [1.54, 1.807) is 0 Å². The predicted octanol–water partition coefficient (Wildman–Crippen LogP) is 5.10. The average Bonchev–Trinajstić information content (AvgIpc) is 2.54. The molecule has 0 spiro atoms. The molecule has 2 nitrogen and oxygen atoms in total. The van der Waals surface area contributed by atoms with Crippen molar-refractivity contribution in [3.05, 3.63) is 71.9 Å². The van der Waals surface area contributed by atoms with Crippen molar-refractivity contribution in [1.29, 1.82) is 0 Å². The summed E-state index contributed by atoms with van der Waals surface area (Å²) >= 11 is 6.32. The van der Waals surface area contributed by atoms with E-state index in [4.69, 9.17) is 11.6 Å². The molecule has 0 saturated carbocycles. The van der Waals surface area contributed by atoms with Gasteiger partial charge in [-0.3, -0.25) is 0 Å². The Bertz CT molecular complexity index is 963. The van der Waals surface area contributed by atoms with Gasteiger partial charge in [-0.15, -0.1) is 0 Å². The topological polar surface area (TPSA) is 25.8 Å². The molecule has 0 radical (unpaired) electrons. The van der Waals surface area contributed by atoms with Gasteiger partial charge in [-0.2, -0.15) is 0 Å². The van der Waals surface area contributed by atoms with E-state index in [0.717, 1.165) is 22.3 Å². The fraction of sp³-hybridized carbons (Fsp3) is 0. The van der Waals surface area contributed by atoms with E-state index < -0.39 is 0 Å². The number of fused-ring (bicyclic) bond motifs is 2. The molecule has 3 aromatic carbocycles. The van der Waals surface area contributed by atoms with E-state index >= 15 is 0 Å². The lowest BCUT2D eigenvalue weighted by atomic mass is 10.1. The Hall–Kier alpha value is -2.45. The molecule has 0 bridgehead atoms. The van der Waals surface area contributed by atoms with Crippen molar-refractivity contribution in [1.82, 2.24) is 9.97 Å². The Labute approximate surface area is 127 Å². The zero-order chi connectivity index (χ0) is 14.2. The van der Waals surface area contributed by atoms with E-state index in [0.29, 0.717) is 5.15 Å². The summed E-state index contributed by atoms with van der Waals surface area (Å²) in [5.41, 5.74) is 3.37. The van der Waals surface area contributed by atoms with Gasteiger partial charge >= 0.3 is 0 Å². The van der Waals surface area contributed by atoms with Crippen molar-refractivity contribution in [2.45, 2.75) is 0 Å². The molecule has 100 valence electrons. The molecular formula is C18H11ClN2. The lowest BCUT2D eigenvalue weighted by Crippen LogP contribution is -1.91. The molecule has 1 aromatic heterocycles. The van der Waals surface area contributed by atoms with Crippen LogP contribution in [0.15, 0.2) is 66.7 Å². The van der Waals surface area contributed by atoms with Crippen molar-refractivity contribution in [3.8, 4) is 11.3 Å². The number of hydrogen-bond acceptors (Lipinski definition) is 2. The fourth-order valence-corrected chi connectivity index (χ4v) is 2.74. The van der Waals surface area contributed by atoms with Gasteiger partial charge in [0.1, 0.15) is 5.69 Å². The van der Waals surface area contributed by atoms with E-state index in [2.05, 4.69) is 34.2 Å². The van der Waals surface area contributed by atoms with Crippen molar-refractivity contribution in [3.63, 3.8) is 0 Å². The second kappa shape index (κ2) is 4.83. The minimum Gasteiger partial charge on any atom is -0.243 e. The first kappa shape index (κ1) is 12.3. The molecule has 0 unspecified atom stereocenters. The molecule has 4 aromatic rings. The Kier molecular flexibility index (Phi) is 2.83. The fourth-order valence-electron chi connectivity index (χ4n) is 2.50. The van der Waals surface area contributed by atoms with Crippen LogP contribution in [-0.2, 0) is 0 Å². The molecule has 0 N–H and O–H groups in total. The zero-order valence-electron chi connectivity index (χ0n) is 11.1. The van der Waals surface area contributed by atoms with Crippen molar-refractivity contribution in [2.24, 2.45) is 0 Å². The van der Waals surface area contributed by atoms with E-state index in [-0.39, 0.29) is 0 Å². The molecule has 0 aliphatic rings. The molecule has 0 amide bonds. The third-order valence-corrected chi connectivity index (χ3v) is 3.81. The summed E-state index contributed by atoms with van der Waals surface area (Å²) in [7, 11) is 0. The Morgan fingerprint density at radius 2 is 1.33 bits per heavy atom. The normalized spacial score (nSPS) is 11.1. The van der Waals surface area contributed by atoms with Gasteiger partial charge in [-0.1, -0.05) is 60.1 Å². The SMILES string of the molecule is Clc1nc2ccccc2nc1-c1ccc2ccccc2c1. The number of para-hydroxylation sites is 2. The van der Waals surface area contributed by atoms with Crippen molar-refractivity contribution < 1.29 is 0 Å². The molecule has 0 fully saturated rings. The minimum atomic E-state index is 0.434. The molecule has 1 heterocycles. The maximum atomic E-state index is 6.32. The highest BCUT2D eigenvalue weighted by atomic mass is 35.5. The maximum absolute atomic E-state index is 6.32. The van der Waals surface area contributed by atoms with Crippen LogP contribution in [0, 0.1) is 0 Å². The molecular weight excluding hydrogens is 280 g/mol. The first-order valence-electron chi connectivity index (χ1n) is 6.73. The van der Waals surface area contributed by atoms with Crippen LogP contribution in [0.5, 0.6) is 0 Å². The molecule has 3 heteroatoms. The van der Waals surface area contributed by atoms with Crippen LogP contribution in [0.1, 0.15) is 0 Å². The summed E-state index contributed by atoms with van der Waals surface area (Å²) in [5, 5.41) is 2.80. The Balaban J connectivity index is 1.96. The third kappa shape index (κ3) is 2.14. The van der Waals surface area contributed by atoms with Crippen LogP contribution in [0.2, 0.25) is 5.15 Å². The second-order valence-electron chi connectivity index (χ2n) is 4.91. The summed E-state index contributed by atoms with van der Waals surface area (Å²) in [4.78, 5) is 9.09. The number of aromatic nitrogens is 2. The van der Waals surface area contributed by atoms with Gasteiger partial charge in [0.25, 0.3) is 0 Å². The summed E-state index contributed by atoms with van der Waals surface area (Å²) in [6.45, 7) is 0. The summed E-state index contributed by atoms with van der Waals surface area (Å²) in [5.74, 6) is 0.